The lowest BCUT2D eigenvalue weighted by Gasteiger charge is -2.20. The Balaban J connectivity index is 1.79. The van der Waals surface area contributed by atoms with Gasteiger partial charge in [-0.3, -0.25) is 9.40 Å². The zero-order valence-corrected chi connectivity index (χ0v) is 19.1. The number of aromatic nitrogens is 5. The minimum atomic E-state index is -3.81. The highest BCUT2D eigenvalue weighted by molar-refractivity contribution is 7.92. The van der Waals surface area contributed by atoms with Crippen molar-refractivity contribution >= 4 is 37.6 Å². The lowest BCUT2D eigenvalue weighted by atomic mass is 10.0. The van der Waals surface area contributed by atoms with Gasteiger partial charge in [-0.05, 0) is 49.1 Å². The minimum Gasteiger partial charge on any atom is -0.351 e. The molecule has 0 fully saturated rings. The molecule has 4 aromatic heterocycles. The first kappa shape index (κ1) is 20.3. The highest BCUT2D eigenvalue weighted by atomic mass is 32.2. The number of H-pyrrole nitrogens is 1. The zero-order chi connectivity index (χ0) is 22.6. The van der Waals surface area contributed by atoms with Gasteiger partial charge in [-0.2, -0.15) is 13.5 Å². The summed E-state index contributed by atoms with van der Waals surface area (Å²) in [5.41, 5.74) is 4.35. The number of rotatable bonds is 5. The maximum atomic E-state index is 13.2. The molecule has 4 heterocycles. The molecule has 164 valence electrons. The van der Waals surface area contributed by atoms with Crippen molar-refractivity contribution < 1.29 is 8.42 Å². The molecule has 1 N–H and O–H groups in total. The predicted molar refractivity (Wildman–Crippen MR) is 126 cm³/mol. The van der Waals surface area contributed by atoms with Crippen LogP contribution in [-0.4, -0.2) is 39.8 Å². The Hall–Kier alpha value is -3.59. The molecule has 0 aliphatic carbocycles. The third-order valence-corrected chi connectivity index (χ3v) is 7.60. The average molecular weight is 449 g/mol. The van der Waals surface area contributed by atoms with Gasteiger partial charge >= 0.3 is 0 Å². The maximum Gasteiger partial charge on any atom is 0.281 e. The second kappa shape index (κ2) is 7.23. The molecule has 0 saturated carbocycles. The number of sulfonamides is 1. The number of hydrogen-bond donors (Lipinski definition) is 1. The van der Waals surface area contributed by atoms with E-state index in [0.29, 0.717) is 5.69 Å². The van der Waals surface area contributed by atoms with Crippen molar-refractivity contribution in [2.45, 2.75) is 24.9 Å². The summed E-state index contributed by atoms with van der Waals surface area (Å²) in [4.78, 5) is 4.62. The Bertz CT molecular complexity index is 1540. The number of aryl methyl sites for hydroxylation is 1. The zero-order valence-electron chi connectivity index (χ0n) is 18.3. The summed E-state index contributed by atoms with van der Waals surface area (Å²) in [6.45, 7) is 4.17. The molecule has 0 atom stereocenters. The number of pyridine rings is 1. The van der Waals surface area contributed by atoms with E-state index in [1.54, 1.807) is 19.3 Å². The van der Waals surface area contributed by atoms with Crippen molar-refractivity contribution in [2.24, 2.45) is 7.05 Å². The summed E-state index contributed by atoms with van der Waals surface area (Å²) in [7, 11) is -0.236. The van der Waals surface area contributed by atoms with Crippen LogP contribution in [0.25, 0.3) is 33.1 Å². The van der Waals surface area contributed by atoms with Gasteiger partial charge in [0, 0.05) is 49.8 Å². The molecule has 32 heavy (non-hydrogen) atoms. The standard InChI is InChI=1S/C23H24N6O2S/c1-15(2)29-14-18(17-6-5-16-9-12-27(3)20(16)13-17)22-19(7-10-24-23(22)29)28(4)32(30,31)21-8-11-25-26-21/h5-15H,1-4H3,(H,25,26). The van der Waals surface area contributed by atoms with Crippen molar-refractivity contribution in [3.63, 3.8) is 0 Å². The smallest absolute Gasteiger partial charge is 0.281 e. The fourth-order valence-electron chi connectivity index (χ4n) is 4.13. The molecule has 5 rings (SSSR count). The number of benzene rings is 1. The van der Waals surface area contributed by atoms with Crippen LogP contribution in [0.1, 0.15) is 19.9 Å². The number of nitrogens with one attached hydrogen (secondary N) is 1. The van der Waals surface area contributed by atoms with E-state index >= 15 is 0 Å². The number of hydrogen-bond acceptors (Lipinski definition) is 4. The van der Waals surface area contributed by atoms with Crippen LogP contribution >= 0.6 is 0 Å². The van der Waals surface area contributed by atoms with Crippen molar-refractivity contribution in [1.82, 2.24) is 24.3 Å². The van der Waals surface area contributed by atoms with E-state index in [0.717, 1.165) is 33.1 Å². The number of nitrogens with zero attached hydrogens (tertiary/aromatic N) is 5. The second-order valence-electron chi connectivity index (χ2n) is 8.17. The van der Waals surface area contributed by atoms with Gasteiger partial charge < -0.3 is 9.13 Å². The van der Waals surface area contributed by atoms with E-state index < -0.39 is 10.0 Å². The Morgan fingerprint density at radius 2 is 1.91 bits per heavy atom. The molecule has 9 heteroatoms. The SMILES string of the molecule is CC(C)n1cc(-c2ccc3ccn(C)c3c2)c2c(N(C)S(=O)(=O)c3ccn[nH]3)ccnc21. The van der Waals surface area contributed by atoms with E-state index in [-0.39, 0.29) is 11.1 Å². The van der Waals surface area contributed by atoms with Crippen LogP contribution in [0.3, 0.4) is 0 Å². The molecule has 0 amide bonds. The summed E-state index contributed by atoms with van der Waals surface area (Å²) in [5.74, 6) is 0. The minimum absolute atomic E-state index is 0.0417. The van der Waals surface area contributed by atoms with Gasteiger partial charge in [-0.15, -0.1) is 0 Å². The van der Waals surface area contributed by atoms with Crippen LogP contribution in [-0.2, 0) is 17.1 Å². The Morgan fingerprint density at radius 1 is 1.09 bits per heavy atom. The molecule has 0 radical (unpaired) electrons. The topological polar surface area (TPSA) is 88.8 Å². The Kier molecular flexibility index (Phi) is 4.59. The molecule has 0 saturated heterocycles. The molecule has 5 aromatic rings. The van der Waals surface area contributed by atoms with Crippen LogP contribution in [0.4, 0.5) is 5.69 Å². The van der Waals surface area contributed by atoms with Gasteiger partial charge in [0.25, 0.3) is 10.0 Å². The molecule has 0 aliphatic rings. The quantitative estimate of drug-likeness (QED) is 0.434. The summed E-state index contributed by atoms with van der Waals surface area (Å²) in [6.07, 6.45) is 7.18. The molecule has 0 spiro atoms. The fourth-order valence-corrected chi connectivity index (χ4v) is 5.24. The fraction of sp³-hybridized carbons (Fsp3) is 0.217. The summed E-state index contributed by atoms with van der Waals surface area (Å²) >= 11 is 0. The van der Waals surface area contributed by atoms with Crippen LogP contribution in [0.5, 0.6) is 0 Å². The lowest BCUT2D eigenvalue weighted by molar-refractivity contribution is 0.590. The monoisotopic (exact) mass is 448 g/mol. The van der Waals surface area contributed by atoms with E-state index in [9.17, 15) is 8.42 Å². The Labute approximate surface area is 186 Å². The largest absolute Gasteiger partial charge is 0.351 e. The third kappa shape index (κ3) is 3.00. The van der Waals surface area contributed by atoms with Crippen LogP contribution in [0.15, 0.2) is 66.2 Å². The Morgan fingerprint density at radius 3 is 2.62 bits per heavy atom. The van der Waals surface area contributed by atoms with Gasteiger partial charge in [-0.1, -0.05) is 12.1 Å². The van der Waals surface area contributed by atoms with Gasteiger partial charge in [0.15, 0.2) is 5.03 Å². The van der Waals surface area contributed by atoms with Crippen LogP contribution in [0.2, 0.25) is 0 Å². The molecule has 0 unspecified atom stereocenters. The highest BCUT2D eigenvalue weighted by Crippen LogP contribution is 2.39. The van der Waals surface area contributed by atoms with Crippen LogP contribution < -0.4 is 4.31 Å². The maximum absolute atomic E-state index is 13.2. The van der Waals surface area contributed by atoms with Gasteiger partial charge in [0.1, 0.15) is 5.65 Å². The van der Waals surface area contributed by atoms with E-state index in [1.807, 2.05) is 13.2 Å². The number of anilines is 1. The van der Waals surface area contributed by atoms with E-state index in [1.165, 1.54) is 16.6 Å². The first-order chi connectivity index (χ1) is 15.3. The van der Waals surface area contributed by atoms with Crippen LogP contribution in [0, 0.1) is 0 Å². The van der Waals surface area contributed by atoms with E-state index in [4.69, 9.17) is 0 Å². The van der Waals surface area contributed by atoms with E-state index in [2.05, 4.69) is 68.6 Å². The molecular weight excluding hydrogens is 424 g/mol. The predicted octanol–water partition coefficient (Wildman–Crippen LogP) is 4.32. The molecule has 0 aliphatic heterocycles. The summed E-state index contributed by atoms with van der Waals surface area (Å²) < 4.78 is 31.9. The van der Waals surface area contributed by atoms with Gasteiger partial charge in [-0.25, -0.2) is 4.98 Å². The summed E-state index contributed by atoms with van der Waals surface area (Å²) in [6, 6.07) is 11.7. The average Bonchev–Trinajstić information content (AvgIpc) is 3.52. The van der Waals surface area contributed by atoms with Crippen molar-refractivity contribution in [3.8, 4) is 11.1 Å². The number of aromatic amines is 1. The molecule has 1 aromatic carbocycles. The van der Waals surface area contributed by atoms with Crippen molar-refractivity contribution in [2.75, 3.05) is 11.4 Å². The molecule has 0 bridgehead atoms. The first-order valence-electron chi connectivity index (χ1n) is 10.3. The number of fused-ring (bicyclic) bond motifs is 2. The van der Waals surface area contributed by atoms with Crippen molar-refractivity contribution in [1.29, 1.82) is 0 Å². The van der Waals surface area contributed by atoms with Gasteiger partial charge in [0.05, 0.1) is 17.3 Å². The van der Waals surface area contributed by atoms with Crippen molar-refractivity contribution in [3.05, 3.63) is 61.2 Å². The van der Waals surface area contributed by atoms with Gasteiger partial charge in [0.2, 0.25) is 0 Å². The normalized spacial score (nSPS) is 12.3. The summed E-state index contributed by atoms with van der Waals surface area (Å²) in [5, 5.41) is 8.36. The lowest BCUT2D eigenvalue weighted by Crippen LogP contribution is -2.27. The second-order valence-corrected chi connectivity index (χ2v) is 10.1. The highest BCUT2D eigenvalue weighted by Gasteiger charge is 2.27. The molecular formula is C23H24N6O2S. The molecule has 8 nitrogen and oxygen atoms in total. The third-order valence-electron chi connectivity index (χ3n) is 5.90. The first-order valence-corrected chi connectivity index (χ1v) is 11.8.